The summed E-state index contributed by atoms with van der Waals surface area (Å²) in [5.41, 5.74) is 0.932. The molecule has 0 saturated carbocycles. The lowest BCUT2D eigenvalue weighted by Crippen LogP contribution is -2.12. The molecule has 0 aromatic carbocycles. The summed E-state index contributed by atoms with van der Waals surface area (Å²) in [6, 6.07) is 3.60. The highest BCUT2D eigenvalue weighted by Crippen LogP contribution is 2.25. The Morgan fingerprint density at radius 1 is 1.40 bits per heavy atom. The van der Waals surface area contributed by atoms with Crippen LogP contribution in [0.3, 0.4) is 0 Å². The molecule has 0 fully saturated rings. The van der Waals surface area contributed by atoms with E-state index in [1.807, 2.05) is 18.4 Å². The van der Waals surface area contributed by atoms with Crippen molar-refractivity contribution in [3.05, 3.63) is 41.6 Å². The predicted molar refractivity (Wildman–Crippen MR) is 73.7 cm³/mol. The Morgan fingerprint density at radius 3 is 3.00 bits per heavy atom. The second kappa shape index (κ2) is 5.30. The van der Waals surface area contributed by atoms with Crippen LogP contribution in [0.1, 0.15) is 23.3 Å². The minimum absolute atomic E-state index is 0.247. The molecule has 1 N–H and O–H groups in total. The van der Waals surface area contributed by atoms with Crippen LogP contribution in [-0.2, 0) is 6.42 Å². The number of amides is 1. The first-order chi connectivity index (χ1) is 9.76. The van der Waals surface area contributed by atoms with Gasteiger partial charge in [-0.1, -0.05) is 6.92 Å². The molecule has 0 aliphatic rings. The van der Waals surface area contributed by atoms with E-state index in [-0.39, 0.29) is 11.6 Å². The van der Waals surface area contributed by atoms with E-state index in [2.05, 4.69) is 15.3 Å². The van der Waals surface area contributed by atoms with E-state index in [4.69, 9.17) is 8.83 Å². The topological polar surface area (TPSA) is 81.2 Å². The Kier molecular flexibility index (Phi) is 3.34. The zero-order chi connectivity index (χ0) is 13.9. The summed E-state index contributed by atoms with van der Waals surface area (Å²) in [5, 5.41) is 4.98. The number of hydrogen-bond acceptors (Lipinski definition) is 6. The van der Waals surface area contributed by atoms with Crippen molar-refractivity contribution in [2.24, 2.45) is 0 Å². The van der Waals surface area contributed by atoms with Gasteiger partial charge in [-0.2, -0.15) is 0 Å². The molecule has 1 amide bonds. The first-order valence-corrected chi connectivity index (χ1v) is 6.89. The fraction of sp³-hybridized carbons (Fsp3) is 0.154. The summed E-state index contributed by atoms with van der Waals surface area (Å²) in [6.07, 6.45) is 3.57. The van der Waals surface area contributed by atoms with Crippen molar-refractivity contribution >= 4 is 22.4 Å². The van der Waals surface area contributed by atoms with Crippen molar-refractivity contribution in [3.63, 3.8) is 0 Å². The van der Waals surface area contributed by atoms with Gasteiger partial charge in [0.25, 0.3) is 5.91 Å². The van der Waals surface area contributed by atoms with Crippen LogP contribution in [-0.4, -0.2) is 15.9 Å². The van der Waals surface area contributed by atoms with E-state index in [1.165, 1.54) is 17.6 Å². The molecule has 0 aliphatic carbocycles. The van der Waals surface area contributed by atoms with E-state index in [0.29, 0.717) is 28.9 Å². The fourth-order valence-corrected chi connectivity index (χ4v) is 2.30. The van der Waals surface area contributed by atoms with E-state index in [1.54, 1.807) is 12.3 Å². The second-order valence-electron chi connectivity index (χ2n) is 3.95. The third-order valence-electron chi connectivity index (χ3n) is 2.59. The van der Waals surface area contributed by atoms with Gasteiger partial charge >= 0.3 is 0 Å². The number of furan rings is 1. The summed E-state index contributed by atoms with van der Waals surface area (Å²) >= 11 is 1.32. The number of thiazole rings is 1. The maximum atomic E-state index is 11.9. The van der Waals surface area contributed by atoms with Crippen LogP contribution in [0.25, 0.3) is 11.5 Å². The van der Waals surface area contributed by atoms with Crippen LogP contribution in [0.5, 0.6) is 0 Å². The molecule has 102 valence electrons. The van der Waals surface area contributed by atoms with E-state index >= 15 is 0 Å². The number of nitrogens with one attached hydrogen (secondary N) is 1. The number of carbonyl (C=O) groups excluding carboxylic acids is 1. The van der Waals surface area contributed by atoms with Gasteiger partial charge in [0, 0.05) is 11.8 Å². The molecule has 0 atom stereocenters. The van der Waals surface area contributed by atoms with Crippen LogP contribution in [0.4, 0.5) is 5.13 Å². The van der Waals surface area contributed by atoms with Gasteiger partial charge in [0.15, 0.2) is 22.5 Å². The molecule has 0 unspecified atom stereocenters. The number of aromatic nitrogens is 2. The summed E-state index contributed by atoms with van der Waals surface area (Å²) in [7, 11) is 0. The molecule has 0 aliphatic heterocycles. The molecule has 3 aromatic rings. The molecule has 3 rings (SSSR count). The molecular formula is C13H11N3O3S. The van der Waals surface area contributed by atoms with Gasteiger partial charge in [-0.3, -0.25) is 10.1 Å². The quantitative estimate of drug-likeness (QED) is 0.797. The SMILES string of the molecule is CCc1nc(C(=O)Nc2nc(-c3ccco3)cs2)co1. The van der Waals surface area contributed by atoms with Gasteiger partial charge in [0.05, 0.1) is 6.26 Å². The minimum atomic E-state index is -0.339. The second-order valence-corrected chi connectivity index (χ2v) is 4.81. The number of oxazole rings is 1. The summed E-state index contributed by atoms with van der Waals surface area (Å²) in [6.45, 7) is 1.91. The number of nitrogens with zero attached hydrogens (tertiary/aromatic N) is 2. The average molecular weight is 289 g/mol. The van der Waals surface area contributed by atoms with E-state index in [9.17, 15) is 4.79 Å². The van der Waals surface area contributed by atoms with Crippen LogP contribution < -0.4 is 5.32 Å². The standard InChI is InChI=1S/C13H11N3O3S/c1-2-11-14-8(6-19-11)12(17)16-13-15-9(7-20-13)10-4-3-5-18-10/h3-7H,2H2,1H3,(H,15,16,17). The van der Waals surface area contributed by atoms with Crippen LogP contribution in [0, 0.1) is 0 Å². The Labute approximate surface area is 118 Å². The third kappa shape index (κ3) is 2.48. The molecule has 3 heterocycles. The highest BCUT2D eigenvalue weighted by molar-refractivity contribution is 7.14. The Hall–Kier alpha value is -2.41. The predicted octanol–water partition coefficient (Wildman–Crippen LogP) is 3.21. The Morgan fingerprint density at radius 2 is 2.30 bits per heavy atom. The molecular weight excluding hydrogens is 278 g/mol. The molecule has 6 nitrogen and oxygen atoms in total. The lowest BCUT2D eigenvalue weighted by molar-refractivity contribution is 0.102. The van der Waals surface area contributed by atoms with Crippen molar-refractivity contribution in [2.45, 2.75) is 13.3 Å². The maximum Gasteiger partial charge on any atom is 0.279 e. The molecule has 3 aromatic heterocycles. The van der Waals surface area contributed by atoms with Gasteiger partial charge in [0.1, 0.15) is 12.0 Å². The van der Waals surface area contributed by atoms with E-state index in [0.717, 1.165) is 0 Å². The molecule has 0 spiro atoms. The monoisotopic (exact) mass is 289 g/mol. The number of hydrogen-bond donors (Lipinski definition) is 1. The van der Waals surface area contributed by atoms with Crippen LogP contribution >= 0.6 is 11.3 Å². The van der Waals surface area contributed by atoms with Gasteiger partial charge in [0.2, 0.25) is 0 Å². The highest BCUT2D eigenvalue weighted by atomic mass is 32.1. The van der Waals surface area contributed by atoms with Gasteiger partial charge in [-0.15, -0.1) is 11.3 Å². The summed E-state index contributed by atoms with van der Waals surface area (Å²) in [5.74, 6) is 0.857. The van der Waals surface area contributed by atoms with E-state index < -0.39 is 0 Å². The van der Waals surface area contributed by atoms with Crippen molar-refractivity contribution in [1.29, 1.82) is 0 Å². The van der Waals surface area contributed by atoms with Gasteiger partial charge in [-0.25, -0.2) is 9.97 Å². The average Bonchev–Trinajstić information content (AvgIpc) is 3.19. The lowest BCUT2D eigenvalue weighted by Gasteiger charge is -1.96. The van der Waals surface area contributed by atoms with Crippen LogP contribution in [0.15, 0.2) is 38.9 Å². The molecule has 0 saturated heterocycles. The number of aryl methyl sites for hydroxylation is 1. The van der Waals surface area contributed by atoms with Gasteiger partial charge in [-0.05, 0) is 12.1 Å². The molecule has 7 heteroatoms. The largest absolute Gasteiger partial charge is 0.463 e. The van der Waals surface area contributed by atoms with Crippen molar-refractivity contribution in [2.75, 3.05) is 5.32 Å². The molecule has 20 heavy (non-hydrogen) atoms. The summed E-state index contributed by atoms with van der Waals surface area (Å²) < 4.78 is 10.4. The van der Waals surface area contributed by atoms with Crippen LogP contribution in [0.2, 0.25) is 0 Å². The number of anilines is 1. The maximum absolute atomic E-state index is 11.9. The third-order valence-corrected chi connectivity index (χ3v) is 3.34. The van der Waals surface area contributed by atoms with Crippen molar-refractivity contribution in [1.82, 2.24) is 9.97 Å². The Bertz CT molecular complexity index is 715. The van der Waals surface area contributed by atoms with Gasteiger partial charge < -0.3 is 8.83 Å². The fourth-order valence-electron chi connectivity index (χ4n) is 1.61. The smallest absolute Gasteiger partial charge is 0.279 e. The number of rotatable bonds is 4. The molecule has 0 bridgehead atoms. The lowest BCUT2D eigenvalue weighted by atomic mass is 10.4. The number of carbonyl (C=O) groups is 1. The zero-order valence-electron chi connectivity index (χ0n) is 10.6. The Balaban J connectivity index is 1.73. The summed E-state index contributed by atoms with van der Waals surface area (Å²) in [4.78, 5) is 20.3. The normalized spacial score (nSPS) is 10.7. The zero-order valence-corrected chi connectivity index (χ0v) is 11.4. The van der Waals surface area contributed by atoms with Crippen molar-refractivity contribution < 1.29 is 13.6 Å². The minimum Gasteiger partial charge on any atom is -0.463 e. The molecule has 0 radical (unpaired) electrons. The highest BCUT2D eigenvalue weighted by Gasteiger charge is 2.14. The first kappa shape index (κ1) is 12.6. The van der Waals surface area contributed by atoms with Crippen molar-refractivity contribution in [3.8, 4) is 11.5 Å². The first-order valence-electron chi connectivity index (χ1n) is 6.01.